The number of rotatable bonds is 8. The number of imidazole rings is 1. The molecule has 0 fully saturated rings. The highest BCUT2D eigenvalue weighted by Crippen LogP contribution is 2.31. The Hall–Kier alpha value is -1.96. The van der Waals surface area contributed by atoms with Crippen molar-refractivity contribution in [2.45, 2.75) is 27.3 Å². The van der Waals surface area contributed by atoms with Gasteiger partial charge in [-0.15, -0.1) is 0 Å². The quantitative estimate of drug-likeness (QED) is 0.251. The molecule has 170 valence electrons. The normalized spacial score (nSPS) is 14.0. The van der Waals surface area contributed by atoms with Crippen molar-refractivity contribution < 1.29 is 8.42 Å². The highest BCUT2D eigenvalue weighted by Gasteiger charge is 2.22. The summed E-state index contributed by atoms with van der Waals surface area (Å²) in [4.78, 5) is 5.38. The lowest BCUT2D eigenvalue weighted by Crippen LogP contribution is -2.14. The zero-order valence-electron chi connectivity index (χ0n) is 17.2. The van der Waals surface area contributed by atoms with Crippen molar-refractivity contribution in [3.63, 3.8) is 0 Å². The van der Waals surface area contributed by atoms with Crippen LogP contribution >= 0.6 is 34.8 Å². The molecule has 3 atom stereocenters. The largest absolute Gasteiger partial charge is 0.336 e. The Morgan fingerprint density at radius 1 is 0.848 bits per heavy atom. The predicted molar refractivity (Wildman–Crippen MR) is 136 cm³/mol. The van der Waals surface area contributed by atoms with E-state index in [0.29, 0.717) is 37.2 Å². The van der Waals surface area contributed by atoms with E-state index in [1.165, 1.54) is 0 Å². The lowest BCUT2D eigenvalue weighted by molar-refractivity contribution is 0.634. The Labute approximate surface area is 212 Å². The van der Waals surface area contributed by atoms with Crippen LogP contribution in [0.1, 0.15) is 16.4 Å². The second-order valence-electron chi connectivity index (χ2n) is 7.31. The van der Waals surface area contributed by atoms with Crippen molar-refractivity contribution in [3.05, 3.63) is 112 Å². The molecule has 1 heterocycles. The summed E-state index contributed by atoms with van der Waals surface area (Å²) in [6, 6.07) is 19.7. The molecular weight excluding hydrogens is 519 g/mol. The lowest BCUT2D eigenvalue weighted by Gasteiger charge is -2.18. The second-order valence-corrected chi connectivity index (χ2v) is 11.6. The Kier molecular flexibility index (Phi) is 8.04. The third-order valence-corrected chi connectivity index (χ3v) is 9.08. The minimum atomic E-state index is -1.41. The van der Waals surface area contributed by atoms with Crippen LogP contribution in [-0.2, 0) is 33.9 Å². The van der Waals surface area contributed by atoms with Crippen molar-refractivity contribution in [2.75, 3.05) is 0 Å². The molecular formula is C24H19Cl3N2O2S2. The average Bonchev–Trinajstić information content (AvgIpc) is 3.34. The number of nitrogens with zero attached hydrogens (tertiary/aromatic N) is 2. The first kappa shape index (κ1) is 24.2. The standard InChI is InChI=1S/C24H19Cl3N2O2S2/c25-19-5-1-17(2-6-19)15-32(30)20-7-3-18(4-8-20)24(14-29-12-11-28-16-29)33(31)21-9-10-22(26)23(27)13-21/h1-13,16,24H,14-15H2. The average molecular weight is 538 g/mol. The Balaban J connectivity index is 1.58. The van der Waals surface area contributed by atoms with Crippen molar-refractivity contribution in [1.29, 1.82) is 0 Å². The van der Waals surface area contributed by atoms with Gasteiger partial charge in [0, 0.05) is 33.8 Å². The molecule has 0 saturated carbocycles. The molecule has 0 radical (unpaired) electrons. The summed E-state index contributed by atoms with van der Waals surface area (Å²) in [6.07, 6.45) is 5.20. The van der Waals surface area contributed by atoms with Gasteiger partial charge in [0.25, 0.3) is 0 Å². The van der Waals surface area contributed by atoms with Gasteiger partial charge in [0.05, 0.1) is 49.0 Å². The van der Waals surface area contributed by atoms with Crippen LogP contribution in [0.2, 0.25) is 15.1 Å². The fourth-order valence-electron chi connectivity index (χ4n) is 3.30. The van der Waals surface area contributed by atoms with Crippen LogP contribution in [0.15, 0.2) is 95.2 Å². The number of hydrogen-bond donors (Lipinski definition) is 0. The molecule has 3 unspecified atom stereocenters. The summed E-state index contributed by atoms with van der Waals surface area (Å²) >= 11 is 18.1. The fraction of sp³-hybridized carbons (Fsp3) is 0.125. The summed E-state index contributed by atoms with van der Waals surface area (Å²) < 4.78 is 28.2. The summed E-state index contributed by atoms with van der Waals surface area (Å²) in [6.45, 7) is 0.458. The Morgan fingerprint density at radius 3 is 2.18 bits per heavy atom. The summed E-state index contributed by atoms with van der Waals surface area (Å²) in [7, 11) is -2.62. The van der Waals surface area contributed by atoms with E-state index in [1.807, 2.05) is 47.2 Å². The van der Waals surface area contributed by atoms with E-state index < -0.39 is 21.6 Å². The summed E-state index contributed by atoms with van der Waals surface area (Å²) in [5.74, 6) is 0.393. The molecule has 33 heavy (non-hydrogen) atoms. The lowest BCUT2D eigenvalue weighted by atomic mass is 10.1. The second kappa shape index (κ2) is 11.0. The van der Waals surface area contributed by atoms with Gasteiger partial charge in [-0.2, -0.15) is 0 Å². The molecule has 9 heteroatoms. The molecule has 1 aromatic heterocycles. The van der Waals surface area contributed by atoms with Gasteiger partial charge in [0.2, 0.25) is 0 Å². The molecule has 4 nitrogen and oxygen atoms in total. The Bertz CT molecular complexity index is 1280. The van der Waals surface area contributed by atoms with Crippen LogP contribution in [0.4, 0.5) is 0 Å². The number of halogens is 3. The van der Waals surface area contributed by atoms with Crippen LogP contribution in [0.25, 0.3) is 0 Å². The van der Waals surface area contributed by atoms with Gasteiger partial charge >= 0.3 is 0 Å². The summed E-state index contributed by atoms with van der Waals surface area (Å²) in [5, 5.41) is 1.05. The Morgan fingerprint density at radius 2 is 1.55 bits per heavy atom. The van der Waals surface area contributed by atoms with E-state index in [2.05, 4.69) is 4.98 Å². The molecule has 0 N–H and O–H groups in total. The van der Waals surface area contributed by atoms with Gasteiger partial charge in [-0.05, 0) is 53.6 Å². The minimum Gasteiger partial charge on any atom is -0.336 e. The molecule has 0 saturated heterocycles. The first-order valence-electron chi connectivity index (χ1n) is 9.95. The highest BCUT2D eigenvalue weighted by molar-refractivity contribution is 7.85. The molecule has 0 aliphatic carbocycles. The number of benzene rings is 3. The van der Waals surface area contributed by atoms with E-state index in [1.54, 1.807) is 42.9 Å². The van der Waals surface area contributed by atoms with E-state index in [4.69, 9.17) is 34.8 Å². The number of aromatic nitrogens is 2. The third-order valence-electron chi connectivity index (χ3n) is 5.04. The van der Waals surface area contributed by atoms with Crippen molar-refractivity contribution in [1.82, 2.24) is 9.55 Å². The van der Waals surface area contributed by atoms with Crippen LogP contribution in [0.3, 0.4) is 0 Å². The van der Waals surface area contributed by atoms with E-state index >= 15 is 0 Å². The molecule has 3 aromatic carbocycles. The first-order valence-corrected chi connectivity index (χ1v) is 13.6. The van der Waals surface area contributed by atoms with Gasteiger partial charge in [-0.25, -0.2) is 4.98 Å². The van der Waals surface area contributed by atoms with Crippen molar-refractivity contribution in [2.24, 2.45) is 0 Å². The molecule has 4 aromatic rings. The molecule has 0 aliphatic rings. The topological polar surface area (TPSA) is 52.0 Å². The summed E-state index contributed by atoms with van der Waals surface area (Å²) in [5.41, 5.74) is 1.81. The smallest absolute Gasteiger partial charge is 0.0946 e. The monoisotopic (exact) mass is 536 g/mol. The SMILES string of the molecule is O=S(Cc1ccc(Cl)cc1)c1ccc(C(Cn2ccnc2)S(=O)c2ccc(Cl)c(Cl)c2)cc1. The number of hydrogen-bond acceptors (Lipinski definition) is 3. The van der Waals surface area contributed by atoms with E-state index in [-0.39, 0.29) is 5.25 Å². The molecule has 0 aliphatic heterocycles. The van der Waals surface area contributed by atoms with Gasteiger partial charge < -0.3 is 4.57 Å². The van der Waals surface area contributed by atoms with Gasteiger partial charge in [-0.1, -0.05) is 59.1 Å². The van der Waals surface area contributed by atoms with Crippen LogP contribution in [-0.4, -0.2) is 18.0 Å². The molecule has 0 bridgehead atoms. The van der Waals surface area contributed by atoms with Crippen LogP contribution in [0, 0.1) is 0 Å². The van der Waals surface area contributed by atoms with Gasteiger partial charge in [0.15, 0.2) is 0 Å². The van der Waals surface area contributed by atoms with E-state index in [9.17, 15) is 8.42 Å². The maximum Gasteiger partial charge on any atom is 0.0946 e. The van der Waals surface area contributed by atoms with Crippen molar-refractivity contribution >= 4 is 56.4 Å². The first-order chi connectivity index (χ1) is 15.9. The van der Waals surface area contributed by atoms with E-state index in [0.717, 1.165) is 11.1 Å². The van der Waals surface area contributed by atoms with Crippen LogP contribution < -0.4 is 0 Å². The molecule has 0 spiro atoms. The zero-order chi connectivity index (χ0) is 23.4. The molecule has 4 rings (SSSR count). The maximum absolute atomic E-state index is 13.5. The fourth-order valence-corrected chi connectivity index (χ4v) is 6.37. The van der Waals surface area contributed by atoms with Crippen LogP contribution in [0.5, 0.6) is 0 Å². The predicted octanol–water partition coefficient (Wildman–Crippen LogP) is 6.70. The maximum atomic E-state index is 13.5. The van der Waals surface area contributed by atoms with Gasteiger partial charge in [-0.3, -0.25) is 8.42 Å². The minimum absolute atomic E-state index is 0.358. The third kappa shape index (κ3) is 6.14. The highest BCUT2D eigenvalue weighted by atomic mass is 35.5. The molecule has 0 amide bonds. The van der Waals surface area contributed by atoms with Crippen molar-refractivity contribution in [3.8, 4) is 0 Å². The van der Waals surface area contributed by atoms with Gasteiger partial charge in [0.1, 0.15) is 0 Å². The zero-order valence-corrected chi connectivity index (χ0v) is 21.1.